The number of carbonyl (C=O) groups is 4. The minimum absolute atomic E-state index is 0.115. The summed E-state index contributed by atoms with van der Waals surface area (Å²) in [4.78, 5) is 68.0. The Balaban J connectivity index is 0.000000150. The summed E-state index contributed by atoms with van der Waals surface area (Å²) in [6.45, 7) is 9.16. The average molecular weight is 1880 g/mol. The highest BCUT2D eigenvalue weighted by Crippen LogP contribution is 2.34. The molecule has 0 aliphatic carbocycles. The Morgan fingerprint density at radius 3 is 0.933 bits per heavy atom. The molecule has 7 heterocycles. The number of nitrogens with zero attached hydrogens (tertiary/aromatic N) is 13. The fourth-order valence-electron chi connectivity index (χ4n) is 12.4. The Kier molecular flexibility index (Phi) is 33.8. The molecule has 0 unspecified atom stereocenters. The van der Waals surface area contributed by atoms with Crippen LogP contribution in [0.1, 0.15) is 54.7 Å². The Morgan fingerprint density at radius 2 is 0.644 bits per heavy atom. The van der Waals surface area contributed by atoms with E-state index in [4.69, 9.17) is 39.4 Å². The van der Waals surface area contributed by atoms with Gasteiger partial charge in [0.05, 0.1) is 67.0 Å². The minimum atomic E-state index is -0.488. The normalized spacial score (nSPS) is 10.3. The Hall–Kier alpha value is -17.4. The van der Waals surface area contributed by atoms with Crippen LogP contribution in [0.4, 0.5) is 22.0 Å². The highest BCUT2D eigenvalue weighted by Gasteiger charge is 2.17. The number of tetrazole rings is 2. The molecule has 678 valence electrons. The van der Waals surface area contributed by atoms with Crippen LogP contribution in [0, 0.1) is 75.0 Å². The van der Waals surface area contributed by atoms with Crippen molar-refractivity contribution in [2.45, 2.75) is 41.2 Å². The molecule has 0 saturated carbocycles. The predicted octanol–water partition coefficient (Wildman–Crippen LogP) is 22.3. The number of hydrogen-bond acceptors (Lipinski definition) is 24. The molecule has 7 aromatic heterocycles. The van der Waals surface area contributed by atoms with Crippen LogP contribution in [-0.4, -0.2) is 116 Å². The van der Waals surface area contributed by atoms with Crippen molar-refractivity contribution in [3.05, 3.63) is 378 Å². The van der Waals surface area contributed by atoms with Crippen molar-refractivity contribution in [2.24, 2.45) is 5.73 Å². The van der Waals surface area contributed by atoms with Crippen LogP contribution in [0.5, 0.6) is 57.5 Å². The smallest absolute Gasteiger partial charge is 0.337 e. The fourth-order valence-corrected chi connectivity index (χ4v) is 12.6. The summed E-state index contributed by atoms with van der Waals surface area (Å²) in [5, 5.41) is 35.5. The molecule has 27 nitrogen and oxygen atoms in total. The molecular formula is C102H81BrF5N15O12. The zero-order valence-corrected chi connectivity index (χ0v) is 74.9. The maximum Gasteiger partial charge on any atom is 0.337 e. The lowest BCUT2D eigenvalue weighted by molar-refractivity contribution is -0.142. The van der Waals surface area contributed by atoms with Gasteiger partial charge in [0.25, 0.3) is 0 Å². The van der Waals surface area contributed by atoms with Crippen molar-refractivity contribution in [2.75, 3.05) is 26.7 Å². The lowest BCUT2D eigenvalue weighted by atomic mass is 10.1. The van der Waals surface area contributed by atoms with E-state index in [0.717, 1.165) is 78.8 Å². The average Bonchev–Trinajstić information content (AvgIpc) is 1.66. The van der Waals surface area contributed by atoms with E-state index in [1.54, 1.807) is 121 Å². The number of halogens is 6. The maximum absolute atomic E-state index is 13.0. The lowest BCUT2D eigenvalue weighted by Gasteiger charge is -2.08. The number of carbonyl (C=O) groups excluding carboxylic acids is 4. The van der Waals surface area contributed by atoms with E-state index in [9.17, 15) is 41.1 Å². The summed E-state index contributed by atoms with van der Waals surface area (Å²) < 4.78 is 107. The molecule has 0 aliphatic heterocycles. The second-order valence-corrected chi connectivity index (χ2v) is 29.5. The molecule has 0 bridgehead atoms. The van der Waals surface area contributed by atoms with Gasteiger partial charge in [0.1, 0.15) is 91.9 Å². The first-order valence-electron chi connectivity index (χ1n) is 40.8. The number of nitrogens with one attached hydrogen (secondary N) is 1. The van der Waals surface area contributed by atoms with Crippen LogP contribution in [0.15, 0.2) is 303 Å². The van der Waals surface area contributed by atoms with E-state index in [1.165, 1.54) is 86.8 Å². The largest absolute Gasteiger partial charge is 0.468 e. The molecule has 0 spiro atoms. The SMILES string of the molecule is COC(=O)CBr.COC(=O)Cn1nnc(-c2cc(C)nc(-c3ccc(Oc4ccc(F)cc4)cc3)c2)n1.COC(=O)c1cc(C)nc(-c2ccc(Oc3ccc(F)cc3)cc2)c1.Cc1cc(-c2nn[nH]n2)cc(-c2ccc(Oc3ccc(F)cc3)cc2)n1.Cc1cc(C#N)cc(-c2ccc(Oc3ccc(F)cc3)cc2)n1.Cc1cc(C(N)=O)cc(-c2ccc(Oc3ccc(F)cc3)cc2)n1. The number of amides is 1. The number of nitrogens with two attached hydrogens (primary N) is 1. The van der Waals surface area contributed by atoms with Crippen molar-refractivity contribution in [1.82, 2.24) is 65.8 Å². The van der Waals surface area contributed by atoms with Crippen LogP contribution in [0.2, 0.25) is 0 Å². The number of alkyl halides is 1. The monoisotopic (exact) mass is 1880 g/mol. The number of aromatic nitrogens is 13. The third kappa shape index (κ3) is 29.3. The number of hydrogen-bond donors (Lipinski definition) is 2. The molecular weight excluding hydrogens is 1800 g/mol. The van der Waals surface area contributed by atoms with Gasteiger partial charge in [-0.2, -0.15) is 15.3 Å². The van der Waals surface area contributed by atoms with Gasteiger partial charge < -0.3 is 43.6 Å². The third-order valence-electron chi connectivity index (χ3n) is 18.7. The van der Waals surface area contributed by atoms with Crippen molar-refractivity contribution in [3.8, 4) is 143 Å². The molecule has 1 amide bonds. The molecule has 0 fully saturated rings. The standard InChI is InChI=1S/C22H18FN5O3.C20H16FNO3.C19H14FN5O.C19H15FN2O2.C19H13FN2O.C3H5BrO2/c1-14-11-16(22-25-27-28(26-22)13-21(29)30-2)12-20(24-14)15-3-7-18(8-4-15)31-19-9-5-17(23)6-10-19;1-13-11-15(20(23)24-2)12-19(22-13)14-3-7-17(8-4-14)25-18-9-5-16(21)6-10-18;1-12-10-14(19-22-24-25-23-19)11-18(21-12)13-2-6-16(7-3-13)26-17-8-4-15(20)5-9-17;1-12-10-14(19(21)23)11-18(22-12)13-2-6-16(7-3-13)24-17-8-4-15(20)5-9-17;1-13-10-14(12-21)11-19(22-13)15-2-6-17(7-3-15)23-18-8-4-16(20)5-9-18;1-6-3(5)2-4/h3-12H,13H2,1-2H3;3-12H,1-2H3;2-11H,1H3,(H,22,23,24,25);2-11H,1H3,(H2,21,23);2-11H,1H3;2H2,1H3. The quantitative estimate of drug-likeness (QED) is 0.0275. The second kappa shape index (κ2) is 47.2. The first kappa shape index (κ1) is 96.7. The molecule has 135 heavy (non-hydrogen) atoms. The first-order chi connectivity index (χ1) is 65.2. The van der Waals surface area contributed by atoms with Gasteiger partial charge in [-0.1, -0.05) is 15.9 Å². The zero-order valence-electron chi connectivity index (χ0n) is 73.3. The van der Waals surface area contributed by atoms with Gasteiger partial charge in [-0.15, -0.1) is 20.4 Å². The summed E-state index contributed by atoms with van der Waals surface area (Å²) in [6, 6.07) is 85.8. The van der Waals surface area contributed by atoms with Gasteiger partial charge in [-0.05, 0) is 348 Å². The zero-order chi connectivity index (χ0) is 95.9. The maximum atomic E-state index is 13.0. The molecule has 3 N–H and O–H groups in total. The number of aryl methyl sites for hydroxylation is 5. The van der Waals surface area contributed by atoms with Gasteiger partial charge in [0.15, 0.2) is 6.54 Å². The van der Waals surface area contributed by atoms with E-state index in [1.807, 2.05) is 156 Å². The molecule has 0 saturated heterocycles. The Morgan fingerprint density at radius 1 is 0.356 bits per heavy atom. The number of esters is 3. The number of nitriles is 1. The fraction of sp³-hybridized carbons (Fsp3) is 0.0980. The van der Waals surface area contributed by atoms with Gasteiger partial charge in [-0.3, -0.25) is 34.5 Å². The topological polar surface area (TPSA) is 354 Å². The minimum Gasteiger partial charge on any atom is -0.468 e. The molecule has 0 radical (unpaired) electrons. The number of primary amides is 1. The second-order valence-electron chi connectivity index (χ2n) is 28.9. The van der Waals surface area contributed by atoms with Crippen molar-refractivity contribution in [1.29, 1.82) is 5.26 Å². The molecule has 17 rings (SSSR count). The Bertz CT molecular complexity index is 6920. The predicted molar refractivity (Wildman–Crippen MR) is 497 cm³/mol. The van der Waals surface area contributed by atoms with Gasteiger partial charge >= 0.3 is 17.9 Å². The van der Waals surface area contributed by atoms with Gasteiger partial charge in [-0.25, -0.2) is 31.5 Å². The van der Waals surface area contributed by atoms with E-state index in [-0.39, 0.29) is 46.9 Å². The summed E-state index contributed by atoms with van der Waals surface area (Å²) >= 11 is 2.90. The Labute approximate surface area is 779 Å². The lowest BCUT2D eigenvalue weighted by Crippen LogP contribution is -2.14. The first-order valence-corrected chi connectivity index (χ1v) is 41.9. The van der Waals surface area contributed by atoms with Crippen LogP contribution < -0.4 is 29.4 Å². The number of aromatic amines is 1. The van der Waals surface area contributed by atoms with Crippen LogP contribution in [0.25, 0.3) is 79.1 Å². The molecule has 0 atom stereocenters. The number of ether oxygens (including phenoxy) is 8. The summed E-state index contributed by atoms with van der Waals surface area (Å²) in [5.74, 6) is 3.74. The summed E-state index contributed by atoms with van der Waals surface area (Å²) in [6.07, 6.45) is 0. The van der Waals surface area contributed by atoms with Crippen LogP contribution in [0.3, 0.4) is 0 Å². The number of benzene rings is 10. The molecule has 17 aromatic rings. The highest BCUT2D eigenvalue weighted by molar-refractivity contribution is 9.09. The van der Waals surface area contributed by atoms with Crippen LogP contribution >= 0.6 is 15.9 Å². The number of pyridine rings is 5. The van der Waals surface area contributed by atoms with Crippen molar-refractivity contribution >= 4 is 39.7 Å². The van der Waals surface area contributed by atoms with Gasteiger partial charge in [0.2, 0.25) is 17.6 Å². The molecule has 10 aromatic carbocycles. The highest BCUT2D eigenvalue weighted by atomic mass is 79.9. The van der Waals surface area contributed by atoms with Crippen molar-refractivity contribution < 1.29 is 79.0 Å². The van der Waals surface area contributed by atoms with E-state index in [2.05, 4.69) is 92.4 Å². The third-order valence-corrected chi connectivity index (χ3v) is 19.2. The number of H-pyrrole nitrogens is 1. The van der Waals surface area contributed by atoms with E-state index in [0.29, 0.717) is 103 Å². The van der Waals surface area contributed by atoms with E-state index < -0.39 is 17.8 Å². The van der Waals surface area contributed by atoms with Gasteiger partial charge in [0, 0.05) is 73.0 Å². The van der Waals surface area contributed by atoms with E-state index >= 15 is 0 Å². The summed E-state index contributed by atoms with van der Waals surface area (Å²) in [5.41, 5.74) is 20.3. The molecule has 33 heteroatoms. The molecule has 0 aliphatic rings. The number of rotatable bonds is 22. The summed E-state index contributed by atoms with van der Waals surface area (Å²) in [7, 11) is 4.00. The number of methoxy groups -OCH3 is 3. The van der Waals surface area contributed by atoms with Crippen molar-refractivity contribution in [3.63, 3.8) is 0 Å². The van der Waals surface area contributed by atoms with Crippen LogP contribution in [-0.2, 0) is 30.3 Å².